The monoisotopic (exact) mass is 460 g/mol. The van der Waals surface area contributed by atoms with Crippen molar-refractivity contribution in [2.75, 3.05) is 44.7 Å². The predicted octanol–water partition coefficient (Wildman–Crippen LogP) is 4.08. The average Bonchev–Trinajstić information content (AvgIpc) is 3.22. The number of nitrogens with zero attached hydrogens (tertiary/aromatic N) is 3. The summed E-state index contributed by atoms with van der Waals surface area (Å²) in [4.78, 5) is 5.88. The second kappa shape index (κ2) is 9.40. The van der Waals surface area contributed by atoms with E-state index in [0.29, 0.717) is 12.0 Å². The fourth-order valence-electron chi connectivity index (χ4n) is 4.65. The van der Waals surface area contributed by atoms with E-state index in [9.17, 15) is 5.26 Å². The molecule has 0 saturated carbocycles. The molecule has 0 unspecified atom stereocenters. The lowest BCUT2D eigenvalue weighted by Crippen LogP contribution is -2.40. The number of benzene rings is 2. The minimum atomic E-state index is 0.641. The summed E-state index contributed by atoms with van der Waals surface area (Å²) in [6, 6.07) is 18.5. The molecule has 33 heavy (non-hydrogen) atoms. The lowest BCUT2D eigenvalue weighted by molar-refractivity contribution is -0.465. The summed E-state index contributed by atoms with van der Waals surface area (Å²) < 4.78 is 7.64. The van der Waals surface area contributed by atoms with E-state index < -0.39 is 0 Å². The van der Waals surface area contributed by atoms with Crippen LogP contribution in [0.15, 0.2) is 48.5 Å². The van der Waals surface area contributed by atoms with Gasteiger partial charge in [0.1, 0.15) is 22.7 Å². The van der Waals surface area contributed by atoms with Crippen molar-refractivity contribution in [2.45, 2.75) is 13.3 Å². The van der Waals surface area contributed by atoms with Crippen molar-refractivity contribution >= 4 is 34.1 Å². The Bertz CT molecular complexity index is 1350. The fraction of sp³-hybridized carbons (Fsp3) is 0.308. The molecule has 2 aromatic carbocycles. The molecule has 4 aromatic rings. The molecule has 1 saturated heterocycles. The molecular weight excluding hydrogens is 434 g/mol. The molecule has 2 N–H and O–H groups in total. The number of morpholine rings is 1. The van der Waals surface area contributed by atoms with Crippen LogP contribution in [0.5, 0.6) is 0 Å². The molecule has 1 aliphatic heterocycles. The quantitative estimate of drug-likeness (QED) is 0.425. The normalized spacial score (nSPS) is 14.6. The van der Waals surface area contributed by atoms with Gasteiger partial charge in [0.25, 0.3) is 0 Å². The van der Waals surface area contributed by atoms with Gasteiger partial charge in [0.15, 0.2) is 0 Å². The molecule has 7 heteroatoms. The zero-order chi connectivity index (χ0) is 22.8. The van der Waals surface area contributed by atoms with Crippen LogP contribution in [0.3, 0.4) is 0 Å². The summed E-state index contributed by atoms with van der Waals surface area (Å²) in [5.41, 5.74) is 6.61. The van der Waals surface area contributed by atoms with Crippen molar-refractivity contribution in [1.29, 1.82) is 5.26 Å². The highest BCUT2D eigenvalue weighted by molar-refractivity contribution is 6.31. The topological polar surface area (TPSA) is 68.2 Å². The van der Waals surface area contributed by atoms with E-state index >= 15 is 0 Å². The number of para-hydroxylation sites is 2. The van der Waals surface area contributed by atoms with E-state index in [4.69, 9.17) is 16.3 Å². The molecule has 0 atom stereocenters. The summed E-state index contributed by atoms with van der Waals surface area (Å²) in [7, 11) is 0. The third kappa shape index (κ3) is 4.16. The van der Waals surface area contributed by atoms with Crippen LogP contribution in [-0.4, -0.2) is 49.3 Å². The Labute approximate surface area is 198 Å². The highest BCUT2D eigenvalue weighted by atomic mass is 35.5. The van der Waals surface area contributed by atoms with Gasteiger partial charge in [0.2, 0.25) is 11.5 Å². The molecule has 168 valence electrons. The van der Waals surface area contributed by atoms with Gasteiger partial charge in [0.05, 0.1) is 19.8 Å². The summed E-state index contributed by atoms with van der Waals surface area (Å²) >= 11 is 6.53. The number of hydrogen-bond donors (Lipinski definition) is 2. The first kappa shape index (κ1) is 21.7. The zero-order valence-electron chi connectivity index (χ0n) is 18.7. The van der Waals surface area contributed by atoms with Gasteiger partial charge < -0.3 is 10.1 Å². The van der Waals surface area contributed by atoms with Crippen molar-refractivity contribution < 1.29 is 9.14 Å². The van der Waals surface area contributed by atoms with Crippen LogP contribution in [0, 0.1) is 18.3 Å². The lowest BCUT2D eigenvalue weighted by atomic mass is 9.97. The third-order valence-corrected chi connectivity index (χ3v) is 6.83. The molecule has 2 aromatic heterocycles. The Morgan fingerprint density at radius 2 is 1.91 bits per heavy atom. The molecule has 0 amide bonds. The Hall–Kier alpha value is -3.11. The van der Waals surface area contributed by atoms with Gasteiger partial charge in [-0.2, -0.15) is 9.66 Å². The van der Waals surface area contributed by atoms with E-state index in [1.807, 2.05) is 43.3 Å². The van der Waals surface area contributed by atoms with Gasteiger partial charge in [-0.3, -0.25) is 9.88 Å². The molecule has 0 aliphatic carbocycles. The highest BCUT2D eigenvalue weighted by Gasteiger charge is 2.26. The van der Waals surface area contributed by atoms with Crippen LogP contribution in [0.2, 0.25) is 5.02 Å². The number of anilines is 1. The van der Waals surface area contributed by atoms with Crippen LogP contribution in [-0.2, 0) is 11.2 Å². The van der Waals surface area contributed by atoms with Crippen molar-refractivity contribution in [3.8, 4) is 6.07 Å². The molecule has 1 fully saturated rings. The Morgan fingerprint density at radius 1 is 1.15 bits per heavy atom. The Kier molecular flexibility index (Phi) is 6.19. The largest absolute Gasteiger partial charge is 0.379 e. The molecule has 5 rings (SSSR count). The summed E-state index contributed by atoms with van der Waals surface area (Å²) in [6.07, 6.45) is 0.641. The Morgan fingerprint density at radius 3 is 2.70 bits per heavy atom. The number of halogens is 1. The average molecular weight is 461 g/mol. The van der Waals surface area contributed by atoms with Gasteiger partial charge in [-0.1, -0.05) is 41.9 Å². The fourth-order valence-corrected chi connectivity index (χ4v) is 4.86. The van der Waals surface area contributed by atoms with Crippen LogP contribution in [0.1, 0.15) is 22.3 Å². The maximum absolute atomic E-state index is 10.1. The number of fused-ring (bicyclic) bond motifs is 3. The number of rotatable bonds is 6. The number of H-pyrrole nitrogens is 1. The van der Waals surface area contributed by atoms with Crippen LogP contribution in [0.25, 0.3) is 16.7 Å². The van der Waals surface area contributed by atoms with Crippen molar-refractivity contribution in [2.24, 2.45) is 0 Å². The van der Waals surface area contributed by atoms with Crippen LogP contribution < -0.4 is 9.72 Å². The first-order valence-electron chi connectivity index (χ1n) is 11.3. The highest BCUT2D eigenvalue weighted by Crippen LogP contribution is 2.29. The van der Waals surface area contributed by atoms with Crippen molar-refractivity contribution in [1.82, 2.24) is 9.88 Å². The number of aromatic nitrogens is 2. The minimum Gasteiger partial charge on any atom is -0.379 e. The maximum Gasteiger partial charge on any atom is 0.250 e. The summed E-state index contributed by atoms with van der Waals surface area (Å²) in [5.74, 6) is 1.01. The second-order valence-electron chi connectivity index (χ2n) is 8.41. The maximum atomic E-state index is 10.1. The van der Waals surface area contributed by atoms with Gasteiger partial charge in [-0.25, -0.2) is 0 Å². The number of nitriles is 1. The zero-order valence-corrected chi connectivity index (χ0v) is 19.5. The van der Waals surface area contributed by atoms with Crippen molar-refractivity contribution in [3.63, 3.8) is 0 Å². The Balaban J connectivity index is 1.64. The van der Waals surface area contributed by atoms with E-state index in [-0.39, 0.29) is 0 Å². The predicted molar refractivity (Wildman–Crippen MR) is 131 cm³/mol. The van der Waals surface area contributed by atoms with E-state index in [1.165, 1.54) is 0 Å². The van der Waals surface area contributed by atoms with E-state index in [2.05, 4.69) is 37.8 Å². The molecule has 0 bridgehead atoms. The number of pyridine rings is 1. The first-order chi connectivity index (χ1) is 16.2. The molecule has 1 aliphatic rings. The van der Waals surface area contributed by atoms with E-state index in [1.54, 1.807) is 0 Å². The van der Waals surface area contributed by atoms with Gasteiger partial charge in [-0.05, 0) is 36.2 Å². The third-order valence-electron chi connectivity index (χ3n) is 6.46. The first-order valence-corrected chi connectivity index (χ1v) is 11.7. The number of imidazole rings is 1. The van der Waals surface area contributed by atoms with Crippen LogP contribution in [0.4, 0.5) is 5.82 Å². The van der Waals surface area contributed by atoms with Crippen molar-refractivity contribution in [3.05, 3.63) is 75.8 Å². The summed E-state index contributed by atoms with van der Waals surface area (Å²) in [6.45, 7) is 7.24. The lowest BCUT2D eigenvalue weighted by Gasteiger charge is -2.26. The van der Waals surface area contributed by atoms with Gasteiger partial charge in [-0.15, -0.1) is 0 Å². The molecule has 3 heterocycles. The molecule has 6 nitrogen and oxygen atoms in total. The number of hydrogen-bond acceptors (Lipinski definition) is 4. The molecular formula is C26H27ClN5O+. The van der Waals surface area contributed by atoms with Crippen LogP contribution >= 0.6 is 11.6 Å². The van der Waals surface area contributed by atoms with Gasteiger partial charge >= 0.3 is 0 Å². The smallest absolute Gasteiger partial charge is 0.250 e. The SMILES string of the molecule is Cc1c(Cc2ccccc2Cl)c(NCCN2CCOCC2)[n+]2c([nH]c3ccccc32)c1C#N. The molecule has 0 radical (unpaired) electrons. The van der Waals surface area contributed by atoms with Gasteiger partial charge in [0, 0.05) is 36.6 Å². The van der Waals surface area contributed by atoms with E-state index in [0.717, 1.165) is 83.6 Å². The number of aromatic amines is 1. The standard InChI is InChI=1S/C26H26ClN5O/c1-18-20(16-19-6-2-3-7-22(19)27)25(29-10-11-31-12-14-33-15-13-31)32-24-9-5-4-8-23(24)30-26(32)21(18)17-28/h2-9H,10-16H2,1H3,(H,29,30)/p+1. The molecule has 0 spiro atoms. The second-order valence-corrected chi connectivity index (χ2v) is 8.82. The minimum absolute atomic E-state index is 0.641. The number of ether oxygens (including phenoxy) is 1. The number of nitrogens with one attached hydrogen (secondary N) is 2. The summed E-state index contributed by atoms with van der Waals surface area (Å²) in [5, 5.41) is 14.5.